The Bertz CT molecular complexity index is 858. The van der Waals surface area contributed by atoms with E-state index in [2.05, 4.69) is 21.7 Å². The number of amides is 1. The maximum absolute atomic E-state index is 13.2. The van der Waals surface area contributed by atoms with E-state index in [1.54, 1.807) is 11.3 Å². The van der Waals surface area contributed by atoms with E-state index in [1.165, 1.54) is 11.8 Å². The molecule has 0 aliphatic carbocycles. The van der Waals surface area contributed by atoms with Crippen LogP contribution in [-0.4, -0.2) is 38.7 Å². The van der Waals surface area contributed by atoms with Gasteiger partial charge in [-0.2, -0.15) is 0 Å². The fraction of sp³-hybridized carbons (Fsp3) is 0.350. The third-order valence-electron chi connectivity index (χ3n) is 4.40. The molecule has 2 heterocycles. The van der Waals surface area contributed by atoms with Crippen molar-refractivity contribution >= 4 is 29.0 Å². The highest BCUT2D eigenvalue weighted by Gasteiger charge is 2.28. The van der Waals surface area contributed by atoms with Crippen molar-refractivity contribution < 1.29 is 4.79 Å². The molecule has 7 heteroatoms. The zero-order valence-corrected chi connectivity index (χ0v) is 17.5. The van der Waals surface area contributed by atoms with Crippen molar-refractivity contribution in [2.45, 2.75) is 37.7 Å². The number of thioether (sulfide) groups is 1. The van der Waals surface area contributed by atoms with Gasteiger partial charge < -0.3 is 9.47 Å². The molecule has 0 unspecified atom stereocenters. The molecule has 3 rings (SSSR count). The van der Waals surface area contributed by atoms with Crippen molar-refractivity contribution in [2.75, 3.05) is 13.1 Å². The SMILES string of the molecule is CCN(CC)C(=O)[C@@H](Sc1nnc(-c2cccs2)n1CC)c1ccccc1. The van der Waals surface area contributed by atoms with Gasteiger partial charge in [0.05, 0.1) is 4.88 Å². The molecule has 1 atom stereocenters. The van der Waals surface area contributed by atoms with E-state index >= 15 is 0 Å². The summed E-state index contributed by atoms with van der Waals surface area (Å²) in [5.74, 6) is 0.969. The third kappa shape index (κ3) is 4.25. The Balaban J connectivity index is 1.96. The summed E-state index contributed by atoms with van der Waals surface area (Å²) in [6, 6.07) is 14.0. The van der Waals surface area contributed by atoms with E-state index in [1.807, 2.05) is 66.6 Å². The number of thiophene rings is 1. The summed E-state index contributed by atoms with van der Waals surface area (Å²) in [6.45, 7) is 8.24. The molecule has 27 heavy (non-hydrogen) atoms. The second-order valence-electron chi connectivity index (χ2n) is 5.95. The van der Waals surface area contributed by atoms with Crippen LogP contribution in [0.5, 0.6) is 0 Å². The fourth-order valence-corrected chi connectivity index (χ4v) is 4.85. The first-order valence-electron chi connectivity index (χ1n) is 9.17. The summed E-state index contributed by atoms with van der Waals surface area (Å²) < 4.78 is 2.09. The van der Waals surface area contributed by atoms with Crippen LogP contribution in [-0.2, 0) is 11.3 Å². The molecule has 0 fully saturated rings. The summed E-state index contributed by atoms with van der Waals surface area (Å²) >= 11 is 3.13. The smallest absolute Gasteiger partial charge is 0.240 e. The monoisotopic (exact) mass is 400 g/mol. The predicted octanol–water partition coefficient (Wildman–Crippen LogP) is 4.73. The number of carbonyl (C=O) groups excluding carboxylic acids is 1. The Hall–Kier alpha value is -2.12. The molecular weight excluding hydrogens is 376 g/mol. The number of rotatable bonds is 8. The summed E-state index contributed by atoms with van der Waals surface area (Å²) in [4.78, 5) is 16.2. The largest absolute Gasteiger partial charge is 0.342 e. The average Bonchev–Trinajstić information content (AvgIpc) is 3.36. The predicted molar refractivity (Wildman–Crippen MR) is 112 cm³/mol. The Morgan fingerprint density at radius 3 is 2.44 bits per heavy atom. The molecule has 0 N–H and O–H groups in total. The highest BCUT2D eigenvalue weighted by molar-refractivity contribution is 8.00. The molecule has 2 aromatic heterocycles. The summed E-state index contributed by atoms with van der Waals surface area (Å²) in [7, 11) is 0. The van der Waals surface area contributed by atoms with Gasteiger partial charge >= 0.3 is 0 Å². The number of likely N-dealkylation sites (N-methyl/N-ethyl adjacent to an activating group) is 1. The zero-order chi connectivity index (χ0) is 19.2. The lowest BCUT2D eigenvalue weighted by molar-refractivity contribution is -0.130. The van der Waals surface area contributed by atoms with Crippen molar-refractivity contribution in [2.24, 2.45) is 0 Å². The third-order valence-corrected chi connectivity index (χ3v) is 6.49. The average molecular weight is 401 g/mol. The molecule has 0 radical (unpaired) electrons. The van der Waals surface area contributed by atoms with Crippen LogP contribution >= 0.6 is 23.1 Å². The zero-order valence-electron chi connectivity index (χ0n) is 15.8. The second-order valence-corrected chi connectivity index (χ2v) is 7.97. The van der Waals surface area contributed by atoms with Crippen LogP contribution in [0.3, 0.4) is 0 Å². The first-order valence-corrected chi connectivity index (χ1v) is 10.9. The molecule has 0 bridgehead atoms. The topological polar surface area (TPSA) is 51.0 Å². The Kier molecular flexibility index (Phi) is 6.68. The minimum atomic E-state index is -0.336. The van der Waals surface area contributed by atoms with Gasteiger partial charge in [0.1, 0.15) is 5.25 Å². The molecule has 1 amide bonds. The van der Waals surface area contributed by atoms with Gasteiger partial charge in [-0.25, -0.2) is 0 Å². The fourth-order valence-electron chi connectivity index (χ4n) is 2.94. The molecule has 142 valence electrons. The molecule has 0 aliphatic rings. The number of aromatic nitrogens is 3. The quantitative estimate of drug-likeness (QED) is 0.513. The van der Waals surface area contributed by atoms with E-state index < -0.39 is 0 Å². The van der Waals surface area contributed by atoms with Gasteiger partial charge in [0.2, 0.25) is 5.91 Å². The van der Waals surface area contributed by atoms with Gasteiger partial charge in [0.15, 0.2) is 11.0 Å². The number of carbonyl (C=O) groups is 1. The molecular formula is C20H24N4OS2. The lowest BCUT2D eigenvalue weighted by Crippen LogP contribution is -2.34. The molecule has 0 spiro atoms. The number of benzene rings is 1. The first-order chi connectivity index (χ1) is 13.2. The number of hydrogen-bond donors (Lipinski definition) is 0. The molecule has 3 aromatic rings. The van der Waals surface area contributed by atoms with Gasteiger partial charge in [-0.1, -0.05) is 48.2 Å². The van der Waals surface area contributed by atoms with Crippen LogP contribution in [0.2, 0.25) is 0 Å². The van der Waals surface area contributed by atoms with Crippen LogP contribution in [0.15, 0.2) is 53.0 Å². The van der Waals surface area contributed by atoms with E-state index in [0.29, 0.717) is 13.1 Å². The Labute approximate surface area is 168 Å². The van der Waals surface area contributed by atoms with Crippen molar-refractivity contribution in [1.29, 1.82) is 0 Å². The van der Waals surface area contributed by atoms with Gasteiger partial charge in [0, 0.05) is 19.6 Å². The van der Waals surface area contributed by atoms with E-state index in [4.69, 9.17) is 0 Å². The van der Waals surface area contributed by atoms with Gasteiger partial charge in [-0.15, -0.1) is 21.5 Å². The van der Waals surface area contributed by atoms with Crippen molar-refractivity contribution in [1.82, 2.24) is 19.7 Å². The van der Waals surface area contributed by atoms with Gasteiger partial charge in [0.25, 0.3) is 0 Å². The minimum absolute atomic E-state index is 0.111. The Morgan fingerprint density at radius 2 is 1.85 bits per heavy atom. The summed E-state index contributed by atoms with van der Waals surface area (Å²) in [5.41, 5.74) is 0.989. The minimum Gasteiger partial charge on any atom is -0.342 e. The first kappa shape index (κ1) is 19.6. The van der Waals surface area contributed by atoms with Gasteiger partial charge in [-0.3, -0.25) is 4.79 Å². The van der Waals surface area contributed by atoms with Crippen LogP contribution in [0, 0.1) is 0 Å². The standard InChI is InChI=1S/C20H24N4OS2/c1-4-23(5-2)19(25)17(15-11-8-7-9-12-15)27-20-22-21-18(24(20)6-3)16-13-10-14-26-16/h7-14,17H,4-6H2,1-3H3/t17-/m0/s1. The van der Waals surface area contributed by atoms with E-state index in [9.17, 15) is 4.79 Å². The highest BCUT2D eigenvalue weighted by Crippen LogP contribution is 2.37. The molecule has 0 saturated heterocycles. The van der Waals surface area contributed by atoms with Crippen molar-refractivity contribution in [3.63, 3.8) is 0 Å². The highest BCUT2D eigenvalue weighted by atomic mass is 32.2. The number of nitrogens with zero attached hydrogens (tertiary/aromatic N) is 4. The van der Waals surface area contributed by atoms with E-state index in [-0.39, 0.29) is 11.2 Å². The molecule has 0 saturated carbocycles. The lowest BCUT2D eigenvalue weighted by Gasteiger charge is -2.25. The van der Waals surface area contributed by atoms with Crippen molar-refractivity contribution in [3.8, 4) is 10.7 Å². The van der Waals surface area contributed by atoms with Crippen LogP contribution in [0.25, 0.3) is 10.7 Å². The van der Waals surface area contributed by atoms with Crippen molar-refractivity contribution in [3.05, 3.63) is 53.4 Å². The summed E-state index contributed by atoms with van der Waals surface area (Å²) in [6.07, 6.45) is 0. The Morgan fingerprint density at radius 1 is 1.11 bits per heavy atom. The van der Waals surface area contributed by atoms with E-state index in [0.717, 1.165) is 28.0 Å². The second kappa shape index (κ2) is 9.19. The summed E-state index contributed by atoms with van der Waals surface area (Å²) in [5, 5.41) is 11.3. The molecule has 0 aliphatic heterocycles. The lowest BCUT2D eigenvalue weighted by atomic mass is 10.1. The molecule has 1 aromatic carbocycles. The van der Waals surface area contributed by atoms with Crippen LogP contribution in [0.1, 0.15) is 31.6 Å². The normalized spacial score (nSPS) is 12.1. The maximum atomic E-state index is 13.2. The van der Waals surface area contributed by atoms with Gasteiger partial charge in [-0.05, 0) is 37.8 Å². The van der Waals surface area contributed by atoms with Crippen LogP contribution in [0.4, 0.5) is 0 Å². The number of hydrogen-bond acceptors (Lipinski definition) is 5. The van der Waals surface area contributed by atoms with Crippen LogP contribution < -0.4 is 0 Å². The maximum Gasteiger partial charge on any atom is 0.240 e. The molecule has 5 nitrogen and oxygen atoms in total.